The summed E-state index contributed by atoms with van der Waals surface area (Å²) in [5.74, 6) is 0.523. The fraction of sp³-hybridized carbons (Fsp3) is 0.267. The molecular weight excluding hydrogens is 254 g/mol. The Balaban J connectivity index is 2.53. The lowest BCUT2D eigenvalue weighted by Crippen LogP contribution is -2.01. The van der Waals surface area contributed by atoms with E-state index < -0.39 is 4.92 Å². The minimum Gasteiger partial charge on any atom is -0.370 e. The Morgan fingerprint density at radius 2 is 1.95 bits per heavy atom. The fourth-order valence-corrected chi connectivity index (χ4v) is 1.94. The number of benzene rings is 1. The molecule has 0 atom stereocenters. The molecule has 0 saturated heterocycles. The van der Waals surface area contributed by atoms with Gasteiger partial charge in [0.05, 0.1) is 16.7 Å². The SMILES string of the molecule is CCNc1cc([N+](=O)[O-])cc(-c2ccc(C)c(C)c2)n1. The number of nitrogens with zero attached hydrogens (tertiary/aromatic N) is 2. The van der Waals surface area contributed by atoms with Gasteiger partial charge >= 0.3 is 0 Å². The van der Waals surface area contributed by atoms with Crippen LogP contribution in [0.1, 0.15) is 18.1 Å². The molecule has 0 aliphatic rings. The maximum Gasteiger partial charge on any atom is 0.275 e. The number of aryl methyl sites for hydroxylation is 2. The van der Waals surface area contributed by atoms with Crippen LogP contribution in [-0.2, 0) is 0 Å². The van der Waals surface area contributed by atoms with Crippen molar-refractivity contribution in [2.24, 2.45) is 0 Å². The minimum atomic E-state index is -0.396. The topological polar surface area (TPSA) is 68.1 Å². The van der Waals surface area contributed by atoms with Crippen molar-refractivity contribution in [3.63, 3.8) is 0 Å². The number of rotatable bonds is 4. The van der Waals surface area contributed by atoms with Crippen LogP contribution in [0.4, 0.5) is 11.5 Å². The van der Waals surface area contributed by atoms with Gasteiger partial charge in [-0.05, 0) is 38.0 Å². The Bertz CT molecular complexity index is 654. The molecule has 2 aromatic rings. The van der Waals surface area contributed by atoms with Crippen molar-refractivity contribution < 1.29 is 4.92 Å². The average Bonchev–Trinajstić information content (AvgIpc) is 2.42. The molecule has 0 amide bonds. The number of hydrogen-bond donors (Lipinski definition) is 1. The molecule has 1 N–H and O–H groups in total. The predicted molar refractivity (Wildman–Crippen MR) is 80.0 cm³/mol. The lowest BCUT2D eigenvalue weighted by Gasteiger charge is -2.08. The molecule has 0 radical (unpaired) electrons. The normalized spacial score (nSPS) is 10.3. The third-order valence-electron chi connectivity index (χ3n) is 3.18. The van der Waals surface area contributed by atoms with E-state index >= 15 is 0 Å². The molecule has 104 valence electrons. The van der Waals surface area contributed by atoms with Crippen LogP contribution in [0.3, 0.4) is 0 Å². The van der Waals surface area contributed by atoms with E-state index in [9.17, 15) is 10.1 Å². The molecule has 0 unspecified atom stereocenters. The summed E-state index contributed by atoms with van der Waals surface area (Å²) in [7, 11) is 0. The Morgan fingerprint density at radius 1 is 1.20 bits per heavy atom. The standard InChI is InChI=1S/C15H17N3O2/c1-4-16-15-9-13(18(19)20)8-14(17-15)12-6-5-10(2)11(3)7-12/h5-9H,4H2,1-3H3,(H,16,17). The van der Waals surface area contributed by atoms with Crippen LogP contribution in [0.2, 0.25) is 0 Å². The van der Waals surface area contributed by atoms with Gasteiger partial charge in [-0.1, -0.05) is 12.1 Å². The Morgan fingerprint density at radius 3 is 2.55 bits per heavy atom. The number of anilines is 1. The predicted octanol–water partition coefficient (Wildman–Crippen LogP) is 3.71. The van der Waals surface area contributed by atoms with Crippen LogP contribution in [-0.4, -0.2) is 16.5 Å². The largest absolute Gasteiger partial charge is 0.370 e. The highest BCUT2D eigenvalue weighted by Gasteiger charge is 2.12. The van der Waals surface area contributed by atoms with E-state index in [0.29, 0.717) is 18.1 Å². The first-order valence-corrected chi connectivity index (χ1v) is 6.49. The number of nitro groups is 1. The van der Waals surface area contributed by atoms with Gasteiger partial charge in [-0.25, -0.2) is 4.98 Å². The van der Waals surface area contributed by atoms with Gasteiger partial charge in [0.1, 0.15) is 5.82 Å². The highest BCUT2D eigenvalue weighted by molar-refractivity contribution is 5.66. The van der Waals surface area contributed by atoms with Crippen LogP contribution < -0.4 is 5.32 Å². The molecular formula is C15H17N3O2. The van der Waals surface area contributed by atoms with Crippen molar-refractivity contribution in [1.29, 1.82) is 0 Å². The molecule has 0 spiro atoms. The molecule has 0 aliphatic heterocycles. The minimum absolute atomic E-state index is 0.0455. The summed E-state index contributed by atoms with van der Waals surface area (Å²) in [5.41, 5.74) is 3.87. The second-order valence-electron chi connectivity index (χ2n) is 4.68. The first kappa shape index (κ1) is 14.0. The van der Waals surface area contributed by atoms with Crippen LogP contribution in [0.15, 0.2) is 30.3 Å². The summed E-state index contributed by atoms with van der Waals surface area (Å²) in [6.45, 7) is 6.64. The molecule has 5 heteroatoms. The molecule has 0 fully saturated rings. The molecule has 1 aromatic heterocycles. The van der Waals surface area contributed by atoms with Gasteiger partial charge < -0.3 is 5.32 Å². The zero-order chi connectivity index (χ0) is 14.7. The van der Waals surface area contributed by atoms with E-state index in [2.05, 4.69) is 10.3 Å². The second-order valence-corrected chi connectivity index (χ2v) is 4.68. The number of hydrogen-bond acceptors (Lipinski definition) is 4. The Labute approximate surface area is 117 Å². The number of aromatic nitrogens is 1. The monoisotopic (exact) mass is 271 g/mol. The van der Waals surface area contributed by atoms with Crippen molar-refractivity contribution >= 4 is 11.5 Å². The van der Waals surface area contributed by atoms with Crippen LogP contribution in [0, 0.1) is 24.0 Å². The Kier molecular flexibility index (Phi) is 3.98. The zero-order valence-electron chi connectivity index (χ0n) is 11.8. The lowest BCUT2D eigenvalue weighted by atomic mass is 10.0. The van der Waals surface area contributed by atoms with Crippen LogP contribution in [0.25, 0.3) is 11.3 Å². The molecule has 1 aromatic carbocycles. The van der Waals surface area contributed by atoms with Crippen molar-refractivity contribution in [3.8, 4) is 11.3 Å². The fourth-order valence-electron chi connectivity index (χ4n) is 1.94. The van der Waals surface area contributed by atoms with Gasteiger partial charge in [0.2, 0.25) is 0 Å². The van der Waals surface area contributed by atoms with E-state index in [0.717, 1.165) is 11.1 Å². The molecule has 1 heterocycles. The van der Waals surface area contributed by atoms with E-state index in [1.165, 1.54) is 17.7 Å². The third-order valence-corrected chi connectivity index (χ3v) is 3.18. The van der Waals surface area contributed by atoms with E-state index in [-0.39, 0.29) is 5.69 Å². The van der Waals surface area contributed by atoms with E-state index in [4.69, 9.17) is 0 Å². The highest BCUT2D eigenvalue weighted by Crippen LogP contribution is 2.26. The summed E-state index contributed by atoms with van der Waals surface area (Å²) in [5, 5.41) is 14.0. The first-order valence-electron chi connectivity index (χ1n) is 6.49. The van der Waals surface area contributed by atoms with Gasteiger partial charge in [-0.15, -0.1) is 0 Å². The first-order chi connectivity index (χ1) is 9.51. The van der Waals surface area contributed by atoms with Crippen molar-refractivity contribution in [2.75, 3.05) is 11.9 Å². The lowest BCUT2D eigenvalue weighted by molar-refractivity contribution is -0.384. The summed E-state index contributed by atoms with van der Waals surface area (Å²) in [4.78, 5) is 15.0. The summed E-state index contributed by atoms with van der Waals surface area (Å²) in [6, 6.07) is 8.89. The van der Waals surface area contributed by atoms with Crippen molar-refractivity contribution in [1.82, 2.24) is 4.98 Å². The van der Waals surface area contributed by atoms with Crippen LogP contribution >= 0.6 is 0 Å². The summed E-state index contributed by atoms with van der Waals surface area (Å²) >= 11 is 0. The molecule has 0 aliphatic carbocycles. The van der Waals surface area contributed by atoms with Crippen molar-refractivity contribution in [2.45, 2.75) is 20.8 Å². The highest BCUT2D eigenvalue weighted by atomic mass is 16.6. The van der Waals surface area contributed by atoms with Gasteiger partial charge in [0.25, 0.3) is 5.69 Å². The van der Waals surface area contributed by atoms with Crippen molar-refractivity contribution in [3.05, 3.63) is 51.6 Å². The summed E-state index contributed by atoms with van der Waals surface area (Å²) in [6.07, 6.45) is 0. The quantitative estimate of drug-likeness (QED) is 0.680. The smallest absolute Gasteiger partial charge is 0.275 e. The zero-order valence-corrected chi connectivity index (χ0v) is 11.8. The Hall–Kier alpha value is -2.43. The second kappa shape index (κ2) is 5.69. The molecule has 20 heavy (non-hydrogen) atoms. The van der Waals surface area contributed by atoms with Gasteiger partial charge in [-0.3, -0.25) is 10.1 Å². The van der Waals surface area contributed by atoms with E-state index in [1.54, 1.807) is 0 Å². The number of pyridine rings is 1. The molecule has 5 nitrogen and oxygen atoms in total. The maximum absolute atomic E-state index is 11.0. The third kappa shape index (κ3) is 2.93. The maximum atomic E-state index is 11.0. The number of nitrogens with one attached hydrogen (secondary N) is 1. The van der Waals surface area contributed by atoms with E-state index in [1.807, 2.05) is 39.0 Å². The van der Waals surface area contributed by atoms with Gasteiger partial charge in [0.15, 0.2) is 0 Å². The van der Waals surface area contributed by atoms with Gasteiger partial charge in [-0.2, -0.15) is 0 Å². The average molecular weight is 271 g/mol. The van der Waals surface area contributed by atoms with Crippen LogP contribution in [0.5, 0.6) is 0 Å². The van der Waals surface area contributed by atoms with Gasteiger partial charge in [0, 0.05) is 18.2 Å². The molecule has 0 saturated carbocycles. The summed E-state index contributed by atoms with van der Waals surface area (Å²) < 4.78 is 0. The molecule has 2 rings (SSSR count). The molecule has 0 bridgehead atoms.